The summed E-state index contributed by atoms with van der Waals surface area (Å²) in [7, 11) is 3.83. The molecule has 0 aliphatic heterocycles. The first-order valence-corrected chi connectivity index (χ1v) is 6.60. The summed E-state index contributed by atoms with van der Waals surface area (Å²) in [5, 5.41) is 9.31. The Hall–Kier alpha value is -1.06. The summed E-state index contributed by atoms with van der Waals surface area (Å²) in [6, 6.07) is 8.24. The molecule has 100 valence electrons. The van der Waals surface area contributed by atoms with E-state index in [1.54, 1.807) is 7.11 Å². The molecule has 1 aromatic rings. The lowest BCUT2D eigenvalue weighted by molar-refractivity contribution is 0.165. The van der Waals surface area contributed by atoms with Crippen molar-refractivity contribution in [3.05, 3.63) is 29.8 Å². The van der Waals surface area contributed by atoms with Crippen molar-refractivity contribution in [3.63, 3.8) is 0 Å². The van der Waals surface area contributed by atoms with Crippen molar-refractivity contribution in [1.29, 1.82) is 0 Å². The summed E-state index contributed by atoms with van der Waals surface area (Å²) in [6.07, 6.45) is 3.40. The Morgan fingerprint density at radius 1 is 1.28 bits per heavy atom. The van der Waals surface area contributed by atoms with Crippen molar-refractivity contribution in [3.8, 4) is 5.75 Å². The quantitative estimate of drug-likeness (QED) is 0.801. The zero-order chi connectivity index (χ0) is 13.0. The number of aliphatic hydroxyl groups excluding tert-OH is 1. The fourth-order valence-corrected chi connectivity index (χ4v) is 2.31. The van der Waals surface area contributed by atoms with Crippen LogP contribution in [0.1, 0.15) is 18.4 Å². The number of ether oxygens (including phenoxy) is 1. The molecule has 0 bridgehead atoms. The molecule has 1 saturated carbocycles. The van der Waals surface area contributed by atoms with E-state index in [-0.39, 0.29) is 5.41 Å². The van der Waals surface area contributed by atoms with E-state index in [0.717, 1.165) is 25.3 Å². The van der Waals surface area contributed by atoms with Crippen LogP contribution in [0.3, 0.4) is 0 Å². The van der Waals surface area contributed by atoms with E-state index in [0.29, 0.717) is 6.61 Å². The summed E-state index contributed by atoms with van der Waals surface area (Å²) in [5.74, 6) is 0.907. The number of hydrogen-bond donors (Lipinski definition) is 1. The van der Waals surface area contributed by atoms with Gasteiger partial charge in [0.1, 0.15) is 5.75 Å². The second-order valence-corrected chi connectivity index (χ2v) is 5.49. The molecule has 2 rings (SSSR count). The van der Waals surface area contributed by atoms with Gasteiger partial charge in [0.15, 0.2) is 0 Å². The van der Waals surface area contributed by atoms with Gasteiger partial charge in [-0.1, -0.05) is 12.1 Å². The van der Waals surface area contributed by atoms with Gasteiger partial charge in [0.2, 0.25) is 0 Å². The monoisotopic (exact) mass is 249 g/mol. The molecule has 0 aromatic heterocycles. The molecule has 1 fully saturated rings. The largest absolute Gasteiger partial charge is 0.497 e. The van der Waals surface area contributed by atoms with Gasteiger partial charge in [-0.25, -0.2) is 0 Å². The highest BCUT2D eigenvalue weighted by molar-refractivity contribution is 5.27. The first kappa shape index (κ1) is 13.4. The average Bonchev–Trinajstić information content (AvgIpc) is 3.17. The second kappa shape index (κ2) is 5.72. The van der Waals surface area contributed by atoms with Crippen molar-refractivity contribution in [1.82, 2.24) is 4.90 Å². The molecule has 3 heteroatoms. The predicted molar refractivity (Wildman–Crippen MR) is 72.9 cm³/mol. The van der Waals surface area contributed by atoms with Crippen LogP contribution in [0.2, 0.25) is 0 Å². The average molecular weight is 249 g/mol. The van der Waals surface area contributed by atoms with Gasteiger partial charge in [-0.05, 0) is 44.0 Å². The van der Waals surface area contributed by atoms with Gasteiger partial charge < -0.3 is 14.7 Å². The van der Waals surface area contributed by atoms with E-state index in [4.69, 9.17) is 4.74 Å². The summed E-state index contributed by atoms with van der Waals surface area (Å²) >= 11 is 0. The van der Waals surface area contributed by atoms with Crippen LogP contribution in [0, 0.1) is 5.41 Å². The minimum Gasteiger partial charge on any atom is -0.497 e. The number of methoxy groups -OCH3 is 1. The van der Waals surface area contributed by atoms with Crippen molar-refractivity contribution in [2.45, 2.75) is 19.3 Å². The molecule has 0 radical (unpaired) electrons. The molecule has 0 amide bonds. The first-order valence-electron chi connectivity index (χ1n) is 6.60. The molecular formula is C15H23NO2. The number of likely N-dealkylation sites (N-methyl/N-ethyl adjacent to an activating group) is 1. The van der Waals surface area contributed by atoms with E-state index in [9.17, 15) is 5.11 Å². The molecule has 0 atom stereocenters. The van der Waals surface area contributed by atoms with Crippen LogP contribution in [0.4, 0.5) is 0 Å². The zero-order valence-electron chi connectivity index (χ0n) is 11.4. The highest BCUT2D eigenvalue weighted by Gasteiger charge is 2.42. The highest BCUT2D eigenvalue weighted by atomic mass is 16.5. The predicted octanol–water partition coefficient (Wildman–Crippen LogP) is 1.94. The van der Waals surface area contributed by atoms with E-state index >= 15 is 0 Å². The summed E-state index contributed by atoms with van der Waals surface area (Å²) < 4.78 is 5.15. The highest BCUT2D eigenvalue weighted by Crippen LogP contribution is 2.45. The summed E-state index contributed by atoms with van der Waals surface area (Å²) in [5.41, 5.74) is 1.55. The lowest BCUT2D eigenvalue weighted by atomic mass is 10.1. The fraction of sp³-hybridized carbons (Fsp3) is 0.600. The number of aliphatic hydroxyl groups is 1. The van der Waals surface area contributed by atoms with Gasteiger partial charge in [0.05, 0.1) is 7.11 Å². The molecule has 0 saturated heterocycles. The van der Waals surface area contributed by atoms with Crippen molar-refractivity contribution < 1.29 is 9.84 Å². The van der Waals surface area contributed by atoms with E-state index in [1.807, 2.05) is 12.1 Å². The molecule has 0 heterocycles. The van der Waals surface area contributed by atoms with Crippen molar-refractivity contribution in [2.24, 2.45) is 5.41 Å². The SMILES string of the molecule is COc1ccc(CCN(C)CC2(CO)CC2)cc1. The van der Waals surface area contributed by atoms with Crippen LogP contribution in [0.15, 0.2) is 24.3 Å². The van der Waals surface area contributed by atoms with Crippen LogP contribution >= 0.6 is 0 Å². The standard InChI is InChI=1S/C15H23NO2/c1-16(11-15(12-17)8-9-15)10-7-13-3-5-14(18-2)6-4-13/h3-6,17H,7-12H2,1-2H3. The first-order chi connectivity index (χ1) is 8.67. The second-order valence-electron chi connectivity index (χ2n) is 5.49. The summed E-state index contributed by atoms with van der Waals surface area (Å²) in [4.78, 5) is 2.33. The van der Waals surface area contributed by atoms with Gasteiger partial charge in [0.25, 0.3) is 0 Å². The Labute approximate surface area is 109 Å². The third kappa shape index (κ3) is 3.47. The smallest absolute Gasteiger partial charge is 0.118 e. The molecule has 0 unspecified atom stereocenters. The van der Waals surface area contributed by atoms with Crippen LogP contribution in [-0.4, -0.2) is 43.9 Å². The molecule has 1 aliphatic carbocycles. The normalized spacial score (nSPS) is 16.9. The molecule has 1 aliphatic rings. The van der Waals surface area contributed by atoms with Gasteiger partial charge in [-0.3, -0.25) is 0 Å². The van der Waals surface area contributed by atoms with Crippen LogP contribution in [0.25, 0.3) is 0 Å². The van der Waals surface area contributed by atoms with Gasteiger partial charge in [0, 0.05) is 25.1 Å². The summed E-state index contributed by atoms with van der Waals surface area (Å²) in [6.45, 7) is 2.38. The minimum atomic E-state index is 0.217. The molecule has 1 N–H and O–H groups in total. The van der Waals surface area contributed by atoms with Gasteiger partial charge >= 0.3 is 0 Å². The lowest BCUT2D eigenvalue weighted by Gasteiger charge is -2.22. The van der Waals surface area contributed by atoms with Crippen LogP contribution in [-0.2, 0) is 6.42 Å². The lowest BCUT2D eigenvalue weighted by Crippen LogP contribution is -2.30. The maximum atomic E-state index is 9.31. The molecule has 1 aromatic carbocycles. The van der Waals surface area contributed by atoms with Crippen LogP contribution in [0.5, 0.6) is 5.75 Å². The van der Waals surface area contributed by atoms with Gasteiger partial charge in [-0.15, -0.1) is 0 Å². The topological polar surface area (TPSA) is 32.7 Å². The van der Waals surface area contributed by atoms with E-state index in [2.05, 4.69) is 24.1 Å². The van der Waals surface area contributed by atoms with E-state index < -0.39 is 0 Å². The zero-order valence-corrected chi connectivity index (χ0v) is 11.4. The van der Waals surface area contributed by atoms with Crippen molar-refractivity contribution >= 4 is 0 Å². The number of rotatable bonds is 7. The minimum absolute atomic E-state index is 0.217. The Morgan fingerprint density at radius 2 is 1.94 bits per heavy atom. The number of benzene rings is 1. The number of hydrogen-bond acceptors (Lipinski definition) is 3. The van der Waals surface area contributed by atoms with Crippen molar-refractivity contribution in [2.75, 3.05) is 33.9 Å². The van der Waals surface area contributed by atoms with Crippen LogP contribution < -0.4 is 4.74 Å². The molecule has 18 heavy (non-hydrogen) atoms. The molecule has 0 spiro atoms. The maximum Gasteiger partial charge on any atom is 0.118 e. The third-order valence-corrected chi connectivity index (χ3v) is 3.84. The maximum absolute atomic E-state index is 9.31. The molecule has 3 nitrogen and oxygen atoms in total. The third-order valence-electron chi connectivity index (χ3n) is 3.84. The van der Waals surface area contributed by atoms with E-state index in [1.165, 1.54) is 18.4 Å². The Kier molecular flexibility index (Phi) is 4.25. The number of nitrogens with zero attached hydrogens (tertiary/aromatic N) is 1. The fourth-order valence-electron chi connectivity index (χ4n) is 2.31. The Bertz CT molecular complexity index is 371. The van der Waals surface area contributed by atoms with Gasteiger partial charge in [-0.2, -0.15) is 0 Å². The molecular weight excluding hydrogens is 226 g/mol. The Morgan fingerprint density at radius 3 is 2.44 bits per heavy atom. The Balaban J connectivity index is 1.76.